The number of carbonyl (C=O) groups is 2. The Hall–Kier alpha value is -5.47. The van der Waals surface area contributed by atoms with Crippen LogP contribution in [0.4, 0.5) is 14.9 Å². The van der Waals surface area contributed by atoms with E-state index in [1.807, 2.05) is 6.07 Å². The molecule has 3 aromatic carbocycles. The van der Waals surface area contributed by atoms with Crippen LogP contribution in [0.5, 0.6) is 0 Å². The molecule has 0 radical (unpaired) electrons. The van der Waals surface area contributed by atoms with Crippen LogP contribution >= 0.6 is 0 Å². The Balaban J connectivity index is 1.03. The number of likely N-dealkylation sites (tertiary alicyclic amines) is 1. The molecule has 246 valence electrons. The average Bonchev–Trinajstić information content (AvgIpc) is 3.10. The van der Waals surface area contributed by atoms with Crippen LogP contribution in [-0.4, -0.2) is 59.6 Å². The molecule has 4 N–H and O–H groups in total. The van der Waals surface area contributed by atoms with Crippen molar-refractivity contribution in [2.75, 3.05) is 18.4 Å². The smallest absolute Gasteiger partial charge is 0.319 e. The molecule has 6 rings (SSSR count). The molecule has 1 aliphatic rings. The first-order valence-electron chi connectivity index (χ1n) is 15.3. The third kappa shape index (κ3) is 7.56. The zero-order valence-corrected chi connectivity index (χ0v) is 26.5. The Bertz CT molecular complexity index is 2120. The zero-order valence-electron chi connectivity index (χ0n) is 25.6. The van der Waals surface area contributed by atoms with Crippen molar-refractivity contribution < 1.29 is 22.4 Å². The first kappa shape index (κ1) is 32.5. The van der Waals surface area contributed by atoms with Gasteiger partial charge in [0.25, 0.3) is 11.5 Å². The first-order chi connectivity index (χ1) is 23.2. The third-order valence-electron chi connectivity index (χ3n) is 8.11. The van der Waals surface area contributed by atoms with Crippen LogP contribution in [0.1, 0.15) is 40.0 Å². The number of sulfonamides is 1. The number of pyridine rings is 1. The molecule has 3 amide bonds. The number of benzene rings is 3. The van der Waals surface area contributed by atoms with Crippen molar-refractivity contribution in [1.82, 2.24) is 30.1 Å². The number of fused-ring (bicyclic) bond motifs is 1. The molecule has 14 heteroatoms. The van der Waals surface area contributed by atoms with Gasteiger partial charge in [-0.1, -0.05) is 30.3 Å². The summed E-state index contributed by atoms with van der Waals surface area (Å²) in [5.41, 5.74) is 2.11. The lowest BCUT2D eigenvalue weighted by molar-refractivity contribution is 0.0706. The summed E-state index contributed by atoms with van der Waals surface area (Å²) in [5.74, 6) is -1.14. The number of rotatable bonds is 9. The van der Waals surface area contributed by atoms with E-state index in [4.69, 9.17) is 0 Å². The number of nitrogens with one attached hydrogen (secondary N) is 4. The molecule has 0 bridgehead atoms. The summed E-state index contributed by atoms with van der Waals surface area (Å²) in [7, 11) is -3.88. The largest absolute Gasteiger partial charge is 0.338 e. The lowest BCUT2D eigenvalue weighted by Gasteiger charge is -2.32. The van der Waals surface area contributed by atoms with E-state index < -0.39 is 33.8 Å². The molecule has 1 fully saturated rings. The van der Waals surface area contributed by atoms with Crippen LogP contribution < -0.4 is 20.9 Å². The van der Waals surface area contributed by atoms with Gasteiger partial charge in [-0.15, -0.1) is 0 Å². The standard InChI is InChI=1S/C34H32FN7O5S/c35-30-12-7-22(19-31-27-5-1-2-6-28(27)32(43)40-39-31)18-29(30)33(44)42-16-13-25(14-17-42)41-48(46,47)26-10-8-24(9-11-26)38-34(45)37-21-23-4-3-15-36-20-23/h1-12,15,18,20,25,41H,13-14,16-17,19,21H2,(H,40,43)(H2,37,38,45). The Kier molecular flexibility index (Phi) is 9.55. The minimum absolute atomic E-state index is 0.0333. The molecule has 1 aliphatic heterocycles. The van der Waals surface area contributed by atoms with Gasteiger partial charge < -0.3 is 15.5 Å². The number of nitrogens with zero attached hydrogens (tertiary/aromatic N) is 3. The van der Waals surface area contributed by atoms with Crippen molar-refractivity contribution >= 4 is 38.4 Å². The van der Waals surface area contributed by atoms with Gasteiger partial charge in [-0.25, -0.2) is 27.4 Å². The van der Waals surface area contributed by atoms with E-state index in [0.717, 1.165) is 5.56 Å². The second-order valence-corrected chi connectivity index (χ2v) is 13.1. The Morgan fingerprint density at radius 3 is 2.42 bits per heavy atom. The van der Waals surface area contributed by atoms with Crippen molar-refractivity contribution in [1.29, 1.82) is 0 Å². The molecule has 48 heavy (non-hydrogen) atoms. The third-order valence-corrected chi connectivity index (χ3v) is 9.65. The number of hydrogen-bond donors (Lipinski definition) is 4. The molecule has 2 aromatic heterocycles. The van der Waals surface area contributed by atoms with Gasteiger partial charge >= 0.3 is 6.03 Å². The maximum absolute atomic E-state index is 14.9. The lowest BCUT2D eigenvalue weighted by atomic mass is 10.0. The van der Waals surface area contributed by atoms with E-state index >= 15 is 0 Å². The fourth-order valence-corrected chi connectivity index (χ4v) is 6.89. The van der Waals surface area contributed by atoms with Crippen LogP contribution in [0.2, 0.25) is 0 Å². The second kappa shape index (κ2) is 14.1. The molecular weight excluding hydrogens is 637 g/mol. The fraction of sp³-hybridized carbons (Fsp3) is 0.206. The number of aromatic nitrogens is 3. The van der Waals surface area contributed by atoms with Crippen molar-refractivity contribution in [3.63, 3.8) is 0 Å². The Labute approximate surface area is 275 Å². The molecule has 0 atom stereocenters. The van der Waals surface area contributed by atoms with E-state index in [-0.39, 0.29) is 42.1 Å². The number of urea groups is 1. The number of carbonyl (C=O) groups excluding carboxylic acids is 2. The van der Waals surface area contributed by atoms with Gasteiger partial charge in [-0.2, -0.15) is 5.10 Å². The summed E-state index contributed by atoms with van der Waals surface area (Å²) < 4.78 is 43.8. The minimum atomic E-state index is -3.88. The molecule has 0 unspecified atom stereocenters. The van der Waals surface area contributed by atoms with Crippen molar-refractivity contribution in [2.45, 2.75) is 36.7 Å². The van der Waals surface area contributed by atoms with Gasteiger partial charge in [-0.05, 0) is 72.5 Å². The van der Waals surface area contributed by atoms with Crippen LogP contribution in [-0.2, 0) is 23.0 Å². The van der Waals surface area contributed by atoms with Gasteiger partial charge in [0.1, 0.15) is 5.82 Å². The number of halogens is 1. The molecule has 0 spiro atoms. The van der Waals surface area contributed by atoms with Gasteiger partial charge in [0, 0.05) is 55.6 Å². The molecule has 3 heterocycles. The van der Waals surface area contributed by atoms with E-state index in [2.05, 4.69) is 30.5 Å². The van der Waals surface area contributed by atoms with E-state index in [1.54, 1.807) is 48.8 Å². The molecule has 12 nitrogen and oxygen atoms in total. The number of H-pyrrole nitrogens is 1. The summed E-state index contributed by atoms with van der Waals surface area (Å²) in [4.78, 5) is 43.3. The number of aromatic amines is 1. The highest BCUT2D eigenvalue weighted by molar-refractivity contribution is 7.89. The summed E-state index contributed by atoms with van der Waals surface area (Å²) in [6.45, 7) is 0.757. The van der Waals surface area contributed by atoms with Crippen molar-refractivity contribution in [3.05, 3.63) is 130 Å². The number of anilines is 1. The molecular formula is C34H32FN7O5S. The quantitative estimate of drug-likeness (QED) is 0.184. The maximum atomic E-state index is 14.9. The lowest BCUT2D eigenvalue weighted by Crippen LogP contribution is -2.46. The summed E-state index contributed by atoms with van der Waals surface area (Å²) >= 11 is 0. The van der Waals surface area contributed by atoms with Crippen LogP contribution in [0.15, 0.2) is 101 Å². The highest BCUT2D eigenvalue weighted by Crippen LogP contribution is 2.22. The van der Waals surface area contributed by atoms with Crippen LogP contribution in [0, 0.1) is 5.82 Å². The van der Waals surface area contributed by atoms with Gasteiger partial charge in [0.2, 0.25) is 10.0 Å². The normalized spacial score (nSPS) is 13.7. The monoisotopic (exact) mass is 669 g/mol. The highest BCUT2D eigenvalue weighted by Gasteiger charge is 2.28. The predicted octanol–water partition coefficient (Wildman–Crippen LogP) is 3.95. The zero-order chi connectivity index (χ0) is 33.7. The predicted molar refractivity (Wildman–Crippen MR) is 177 cm³/mol. The molecule has 0 aliphatic carbocycles. The summed E-state index contributed by atoms with van der Waals surface area (Å²) in [6, 6.07) is 19.9. The highest BCUT2D eigenvalue weighted by atomic mass is 32.2. The topological polar surface area (TPSA) is 166 Å². The van der Waals surface area contributed by atoms with Crippen molar-refractivity contribution in [2.24, 2.45) is 0 Å². The summed E-state index contributed by atoms with van der Waals surface area (Å²) in [6.07, 6.45) is 4.25. The number of amides is 3. The maximum Gasteiger partial charge on any atom is 0.319 e. The van der Waals surface area contributed by atoms with E-state index in [0.29, 0.717) is 40.6 Å². The second-order valence-electron chi connectivity index (χ2n) is 11.4. The van der Waals surface area contributed by atoms with Gasteiger partial charge in [0.05, 0.1) is 21.5 Å². The molecule has 0 saturated carbocycles. The Morgan fingerprint density at radius 2 is 1.69 bits per heavy atom. The van der Waals surface area contributed by atoms with Crippen molar-refractivity contribution in [3.8, 4) is 0 Å². The van der Waals surface area contributed by atoms with Gasteiger partial charge in [-0.3, -0.25) is 14.6 Å². The number of hydrogen-bond acceptors (Lipinski definition) is 7. The minimum Gasteiger partial charge on any atom is -0.338 e. The van der Waals surface area contributed by atoms with Gasteiger partial charge in [0.15, 0.2) is 0 Å². The first-order valence-corrected chi connectivity index (χ1v) is 16.7. The van der Waals surface area contributed by atoms with E-state index in [9.17, 15) is 27.2 Å². The Morgan fingerprint density at radius 1 is 0.938 bits per heavy atom. The molecule has 1 saturated heterocycles. The SMILES string of the molecule is O=C(NCc1cccnc1)Nc1ccc(S(=O)(=O)NC2CCN(C(=O)c3cc(Cc4n[nH]c(=O)c5ccccc45)ccc3F)CC2)cc1. The van der Waals surface area contributed by atoms with Crippen LogP contribution in [0.3, 0.4) is 0 Å². The van der Waals surface area contributed by atoms with Crippen LogP contribution in [0.25, 0.3) is 10.8 Å². The number of piperidine rings is 1. The van der Waals surface area contributed by atoms with E-state index in [1.165, 1.54) is 41.3 Å². The molecule has 5 aromatic rings. The average molecular weight is 670 g/mol. The summed E-state index contributed by atoms with van der Waals surface area (Å²) in [5, 5.41) is 13.2. The fourth-order valence-electron chi connectivity index (χ4n) is 5.58.